The van der Waals surface area contributed by atoms with Crippen molar-refractivity contribution in [1.29, 1.82) is 0 Å². The van der Waals surface area contributed by atoms with Crippen LogP contribution in [0.1, 0.15) is 29.3 Å². The first-order valence-corrected chi connectivity index (χ1v) is 6.51. The topological polar surface area (TPSA) is 84.8 Å². The molecule has 0 aliphatic heterocycles. The van der Waals surface area contributed by atoms with Crippen molar-refractivity contribution < 1.29 is 9.53 Å². The van der Waals surface area contributed by atoms with Crippen LogP contribution in [0.25, 0.3) is 0 Å². The van der Waals surface area contributed by atoms with E-state index in [-0.39, 0.29) is 11.9 Å². The molecular formula is C12H16ClN5O2. The molecule has 108 valence electrons. The third-order valence-electron chi connectivity index (χ3n) is 2.81. The Morgan fingerprint density at radius 2 is 2.45 bits per heavy atom. The maximum absolute atomic E-state index is 12.0. The van der Waals surface area contributed by atoms with Crippen LogP contribution in [0.5, 0.6) is 0 Å². The number of hydrogen-bond donors (Lipinski definition) is 2. The number of ether oxygens (including phenoxy) is 1. The van der Waals surface area contributed by atoms with E-state index < -0.39 is 0 Å². The van der Waals surface area contributed by atoms with Crippen LogP contribution in [0.4, 0.5) is 0 Å². The molecule has 2 rings (SSSR count). The van der Waals surface area contributed by atoms with Crippen molar-refractivity contribution in [3.05, 3.63) is 35.1 Å². The molecule has 0 aliphatic carbocycles. The molecule has 0 bridgehead atoms. The van der Waals surface area contributed by atoms with Gasteiger partial charge in [-0.15, -0.1) is 10.2 Å². The van der Waals surface area contributed by atoms with E-state index in [4.69, 9.17) is 16.3 Å². The maximum Gasteiger partial charge on any atom is 0.268 e. The summed E-state index contributed by atoms with van der Waals surface area (Å²) in [6.45, 7) is 3.03. The van der Waals surface area contributed by atoms with Gasteiger partial charge in [-0.1, -0.05) is 11.6 Å². The molecule has 2 aromatic rings. The van der Waals surface area contributed by atoms with Crippen LogP contribution < -0.4 is 5.32 Å². The van der Waals surface area contributed by atoms with Crippen LogP contribution >= 0.6 is 11.6 Å². The molecule has 0 fully saturated rings. The Morgan fingerprint density at radius 1 is 1.65 bits per heavy atom. The Bertz CT molecular complexity index is 580. The third-order valence-corrected chi connectivity index (χ3v) is 3.03. The maximum atomic E-state index is 12.0. The molecule has 2 N–H and O–H groups in total. The number of amides is 1. The van der Waals surface area contributed by atoms with Gasteiger partial charge in [0.1, 0.15) is 12.0 Å². The highest BCUT2D eigenvalue weighted by atomic mass is 35.5. The quantitative estimate of drug-likeness (QED) is 0.844. The zero-order valence-corrected chi connectivity index (χ0v) is 12.0. The average Bonchev–Trinajstić information content (AvgIpc) is 3.04. The molecular weight excluding hydrogens is 282 g/mol. The second kappa shape index (κ2) is 6.53. The van der Waals surface area contributed by atoms with Gasteiger partial charge in [0.2, 0.25) is 0 Å². The number of rotatable bonds is 6. The first-order chi connectivity index (χ1) is 9.61. The van der Waals surface area contributed by atoms with Gasteiger partial charge in [-0.05, 0) is 13.0 Å². The summed E-state index contributed by atoms with van der Waals surface area (Å²) in [5.74, 6) is 0.429. The number of carbonyl (C=O) groups excluding carboxylic acids is 1. The Morgan fingerprint density at radius 3 is 3.10 bits per heavy atom. The Balaban J connectivity index is 2.02. The normalized spacial score (nSPS) is 12.3. The van der Waals surface area contributed by atoms with Gasteiger partial charge in [0.15, 0.2) is 5.82 Å². The number of carbonyl (C=O) groups is 1. The fourth-order valence-electron chi connectivity index (χ4n) is 1.80. The van der Waals surface area contributed by atoms with Gasteiger partial charge in [0, 0.05) is 19.9 Å². The Labute approximate surface area is 121 Å². The van der Waals surface area contributed by atoms with E-state index in [1.54, 1.807) is 25.7 Å². The number of nitrogens with one attached hydrogen (secondary N) is 2. The predicted molar refractivity (Wildman–Crippen MR) is 73.6 cm³/mol. The summed E-state index contributed by atoms with van der Waals surface area (Å²) in [5.41, 5.74) is 0.407. The number of methoxy groups -OCH3 is 1. The van der Waals surface area contributed by atoms with Gasteiger partial charge in [0.05, 0.1) is 17.7 Å². The van der Waals surface area contributed by atoms with Gasteiger partial charge in [-0.3, -0.25) is 4.79 Å². The molecule has 0 spiro atoms. The van der Waals surface area contributed by atoms with Crippen molar-refractivity contribution in [3.63, 3.8) is 0 Å². The number of aromatic amines is 1. The molecule has 1 unspecified atom stereocenters. The molecule has 1 atom stereocenters. The van der Waals surface area contributed by atoms with E-state index in [2.05, 4.69) is 20.5 Å². The lowest BCUT2D eigenvalue weighted by atomic mass is 10.3. The summed E-state index contributed by atoms with van der Waals surface area (Å²) < 4.78 is 6.86. The summed E-state index contributed by atoms with van der Waals surface area (Å²) in [5, 5.41) is 11.2. The number of nitrogens with zero attached hydrogens (tertiary/aromatic N) is 3. The van der Waals surface area contributed by atoms with Crippen molar-refractivity contribution in [3.8, 4) is 0 Å². The molecule has 7 nitrogen and oxygen atoms in total. The highest BCUT2D eigenvalue weighted by Gasteiger charge is 2.17. The fourth-order valence-corrected chi connectivity index (χ4v) is 1.96. The van der Waals surface area contributed by atoms with Gasteiger partial charge in [0.25, 0.3) is 5.91 Å². The number of H-pyrrole nitrogens is 1. The summed E-state index contributed by atoms with van der Waals surface area (Å²) in [6.07, 6.45) is 3.17. The highest BCUT2D eigenvalue weighted by molar-refractivity contribution is 6.30. The lowest BCUT2D eigenvalue weighted by Crippen LogP contribution is -2.29. The van der Waals surface area contributed by atoms with Crippen LogP contribution in [0.3, 0.4) is 0 Å². The largest absolute Gasteiger partial charge is 0.383 e. The SMILES string of the molecule is COCCn1cnnc1C(C)NC(=O)c1cc(Cl)c[nH]1. The lowest BCUT2D eigenvalue weighted by molar-refractivity contribution is 0.0932. The van der Waals surface area contributed by atoms with Crippen LogP contribution in [0.15, 0.2) is 18.6 Å². The molecule has 20 heavy (non-hydrogen) atoms. The zero-order chi connectivity index (χ0) is 14.5. The van der Waals surface area contributed by atoms with Gasteiger partial charge < -0.3 is 19.6 Å². The number of aromatic nitrogens is 4. The molecule has 0 aliphatic rings. The van der Waals surface area contributed by atoms with Crippen molar-refractivity contribution in [2.24, 2.45) is 0 Å². The summed E-state index contributed by atoms with van der Waals surface area (Å²) in [6, 6.07) is 1.29. The van der Waals surface area contributed by atoms with Crippen molar-refractivity contribution in [2.75, 3.05) is 13.7 Å². The first kappa shape index (κ1) is 14.5. The second-order valence-corrected chi connectivity index (χ2v) is 4.74. The monoisotopic (exact) mass is 297 g/mol. The molecule has 2 aromatic heterocycles. The van der Waals surface area contributed by atoms with Gasteiger partial charge in [-0.2, -0.15) is 0 Å². The Hall–Kier alpha value is -1.86. The fraction of sp³-hybridized carbons (Fsp3) is 0.417. The second-order valence-electron chi connectivity index (χ2n) is 4.30. The number of halogens is 1. The highest BCUT2D eigenvalue weighted by Crippen LogP contribution is 2.12. The Kier molecular flexibility index (Phi) is 4.75. The molecule has 0 saturated carbocycles. The van der Waals surface area contributed by atoms with E-state index >= 15 is 0 Å². The lowest BCUT2D eigenvalue weighted by Gasteiger charge is -2.14. The van der Waals surface area contributed by atoms with Crippen molar-refractivity contribution in [2.45, 2.75) is 19.5 Å². The van der Waals surface area contributed by atoms with Crippen LogP contribution in [-0.4, -0.2) is 39.4 Å². The van der Waals surface area contributed by atoms with Gasteiger partial charge in [-0.25, -0.2) is 0 Å². The summed E-state index contributed by atoms with van der Waals surface area (Å²) in [7, 11) is 1.63. The standard InChI is InChI=1S/C12H16ClN5O2/c1-8(11-17-15-7-18(11)3-4-20-2)16-12(19)10-5-9(13)6-14-10/h5-8,14H,3-4H2,1-2H3,(H,16,19). The molecule has 0 radical (unpaired) electrons. The molecule has 8 heteroatoms. The van der Waals surface area contributed by atoms with E-state index in [1.807, 2.05) is 11.5 Å². The zero-order valence-electron chi connectivity index (χ0n) is 11.3. The minimum atomic E-state index is -0.274. The smallest absolute Gasteiger partial charge is 0.268 e. The first-order valence-electron chi connectivity index (χ1n) is 6.13. The van der Waals surface area contributed by atoms with Gasteiger partial charge >= 0.3 is 0 Å². The molecule has 1 amide bonds. The van der Waals surface area contributed by atoms with E-state index in [1.165, 1.54) is 0 Å². The third kappa shape index (κ3) is 3.37. The average molecular weight is 298 g/mol. The van der Waals surface area contributed by atoms with E-state index in [0.717, 1.165) is 0 Å². The van der Waals surface area contributed by atoms with Crippen LogP contribution in [0, 0.1) is 0 Å². The van der Waals surface area contributed by atoms with Crippen molar-refractivity contribution in [1.82, 2.24) is 25.1 Å². The predicted octanol–water partition coefficient (Wildman–Crippen LogP) is 1.40. The van der Waals surface area contributed by atoms with Crippen molar-refractivity contribution >= 4 is 17.5 Å². The number of hydrogen-bond acceptors (Lipinski definition) is 4. The van der Waals surface area contributed by atoms with Crippen LogP contribution in [-0.2, 0) is 11.3 Å². The summed E-state index contributed by atoms with van der Waals surface area (Å²) in [4.78, 5) is 14.8. The van der Waals surface area contributed by atoms with E-state index in [0.29, 0.717) is 29.7 Å². The molecule has 2 heterocycles. The summed E-state index contributed by atoms with van der Waals surface area (Å²) >= 11 is 5.77. The molecule has 0 aromatic carbocycles. The van der Waals surface area contributed by atoms with E-state index in [9.17, 15) is 4.79 Å². The minimum Gasteiger partial charge on any atom is -0.383 e. The minimum absolute atomic E-state index is 0.245. The molecule has 0 saturated heterocycles. The van der Waals surface area contributed by atoms with Crippen LogP contribution in [0.2, 0.25) is 5.02 Å².